The van der Waals surface area contributed by atoms with Gasteiger partial charge in [-0.15, -0.1) is 0 Å². The van der Waals surface area contributed by atoms with E-state index in [0.717, 1.165) is 5.69 Å². The van der Waals surface area contributed by atoms with E-state index in [1.54, 1.807) is 18.3 Å². The van der Waals surface area contributed by atoms with Crippen molar-refractivity contribution >= 4 is 12.1 Å². The van der Waals surface area contributed by atoms with Gasteiger partial charge in [0.25, 0.3) is 5.91 Å². The molecule has 0 aliphatic rings. The van der Waals surface area contributed by atoms with Gasteiger partial charge in [-0.3, -0.25) is 14.9 Å². The molecule has 2 N–H and O–H groups in total. The van der Waals surface area contributed by atoms with Crippen molar-refractivity contribution in [1.82, 2.24) is 20.6 Å². The lowest BCUT2D eigenvalue weighted by molar-refractivity contribution is 0.0950. The third kappa shape index (κ3) is 3.50. The summed E-state index contributed by atoms with van der Waals surface area (Å²) in [6.07, 6.45) is 3.14. The van der Waals surface area contributed by atoms with Gasteiger partial charge in [-0.25, -0.2) is 5.43 Å². The van der Waals surface area contributed by atoms with Gasteiger partial charge in [0.15, 0.2) is 5.69 Å². The number of aromatic nitrogens is 3. The number of carbonyl (C=O) groups is 1. The van der Waals surface area contributed by atoms with Crippen molar-refractivity contribution in [2.24, 2.45) is 5.10 Å². The highest BCUT2D eigenvalue weighted by molar-refractivity contribution is 5.93. The molecule has 0 saturated carbocycles. The van der Waals surface area contributed by atoms with Crippen molar-refractivity contribution in [3.8, 4) is 0 Å². The Balaban J connectivity index is 1.99. The van der Waals surface area contributed by atoms with Gasteiger partial charge in [0.05, 0.1) is 11.9 Å². The molecule has 0 radical (unpaired) electrons. The molecule has 0 aliphatic heterocycles. The number of rotatable bonds is 3. The van der Waals surface area contributed by atoms with Crippen LogP contribution < -0.4 is 5.43 Å². The van der Waals surface area contributed by atoms with Crippen molar-refractivity contribution in [1.29, 1.82) is 0 Å². The molecule has 0 fully saturated rings. The first-order valence-electron chi connectivity index (χ1n) is 6.27. The van der Waals surface area contributed by atoms with E-state index >= 15 is 0 Å². The first kappa shape index (κ1) is 13.9. The van der Waals surface area contributed by atoms with Gasteiger partial charge < -0.3 is 0 Å². The maximum atomic E-state index is 11.8. The first-order chi connectivity index (χ1) is 9.47. The van der Waals surface area contributed by atoms with Crippen molar-refractivity contribution in [2.45, 2.75) is 26.2 Å². The zero-order valence-electron chi connectivity index (χ0n) is 11.7. The fourth-order valence-electron chi connectivity index (χ4n) is 1.49. The minimum absolute atomic E-state index is 0.0806. The summed E-state index contributed by atoms with van der Waals surface area (Å²) < 4.78 is 0. The molecule has 0 bridgehead atoms. The van der Waals surface area contributed by atoms with E-state index in [2.05, 4.69) is 25.7 Å². The number of carbonyl (C=O) groups excluding carboxylic acids is 1. The fourth-order valence-corrected chi connectivity index (χ4v) is 1.49. The molecule has 0 aromatic carbocycles. The van der Waals surface area contributed by atoms with Crippen LogP contribution in [0.4, 0.5) is 0 Å². The van der Waals surface area contributed by atoms with Crippen molar-refractivity contribution < 1.29 is 4.79 Å². The largest absolute Gasteiger partial charge is 0.291 e. The first-order valence-corrected chi connectivity index (χ1v) is 6.27. The minimum atomic E-state index is -0.357. The van der Waals surface area contributed by atoms with Crippen LogP contribution in [0.2, 0.25) is 0 Å². The summed E-state index contributed by atoms with van der Waals surface area (Å²) in [6, 6.07) is 7.18. The number of pyridine rings is 1. The van der Waals surface area contributed by atoms with Crippen molar-refractivity contribution in [2.75, 3.05) is 0 Å². The number of hydrogen-bond acceptors (Lipinski definition) is 4. The number of hydrazone groups is 1. The van der Waals surface area contributed by atoms with Crippen LogP contribution in [0.5, 0.6) is 0 Å². The van der Waals surface area contributed by atoms with Gasteiger partial charge in [0.2, 0.25) is 0 Å². The molecule has 2 rings (SSSR count). The van der Waals surface area contributed by atoms with Crippen LogP contribution in [0.15, 0.2) is 35.6 Å². The maximum Gasteiger partial charge on any atom is 0.291 e. The number of nitrogens with zero attached hydrogens (tertiary/aromatic N) is 3. The third-order valence-electron chi connectivity index (χ3n) is 2.67. The molecule has 104 valence electrons. The van der Waals surface area contributed by atoms with E-state index in [1.807, 2.05) is 32.9 Å². The van der Waals surface area contributed by atoms with Crippen LogP contribution in [-0.4, -0.2) is 27.3 Å². The lowest BCUT2D eigenvalue weighted by Crippen LogP contribution is -2.18. The lowest BCUT2D eigenvalue weighted by atomic mass is 9.92. The molecule has 0 spiro atoms. The summed E-state index contributed by atoms with van der Waals surface area (Å²) >= 11 is 0. The highest BCUT2D eigenvalue weighted by atomic mass is 16.2. The Labute approximate surface area is 117 Å². The van der Waals surface area contributed by atoms with Gasteiger partial charge >= 0.3 is 0 Å². The van der Waals surface area contributed by atoms with Crippen LogP contribution in [-0.2, 0) is 5.41 Å². The third-order valence-corrected chi connectivity index (χ3v) is 2.67. The Morgan fingerprint density at radius 1 is 1.40 bits per heavy atom. The van der Waals surface area contributed by atoms with E-state index < -0.39 is 0 Å². The average molecular weight is 271 g/mol. The predicted molar refractivity (Wildman–Crippen MR) is 76.6 cm³/mol. The molecular weight excluding hydrogens is 254 g/mol. The fraction of sp³-hybridized carbons (Fsp3) is 0.286. The molecular formula is C14H17N5O. The molecule has 6 heteroatoms. The number of amides is 1. The van der Waals surface area contributed by atoms with Crippen LogP contribution in [0.1, 0.15) is 42.6 Å². The quantitative estimate of drug-likeness (QED) is 0.660. The van der Waals surface area contributed by atoms with Crippen molar-refractivity contribution in [3.63, 3.8) is 0 Å². The van der Waals surface area contributed by atoms with Crippen molar-refractivity contribution in [3.05, 3.63) is 47.5 Å². The number of nitrogens with one attached hydrogen (secondary N) is 2. The predicted octanol–water partition coefficient (Wildman–Crippen LogP) is 1.87. The Morgan fingerprint density at radius 3 is 2.80 bits per heavy atom. The Bertz CT molecular complexity index is 610. The molecule has 0 unspecified atom stereocenters. The number of H-pyrrole nitrogens is 1. The lowest BCUT2D eigenvalue weighted by Gasteiger charge is -2.14. The van der Waals surface area contributed by atoms with Crippen LogP contribution in [0, 0.1) is 0 Å². The van der Waals surface area contributed by atoms with Crippen LogP contribution in [0.3, 0.4) is 0 Å². The molecule has 20 heavy (non-hydrogen) atoms. The van der Waals surface area contributed by atoms with Gasteiger partial charge in [0, 0.05) is 17.3 Å². The monoisotopic (exact) mass is 271 g/mol. The van der Waals surface area contributed by atoms with E-state index in [1.165, 1.54) is 6.21 Å². The zero-order valence-corrected chi connectivity index (χ0v) is 11.7. The smallest absolute Gasteiger partial charge is 0.281 e. The molecule has 2 aromatic rings. The second-order valence-corrected chi connectivity index (χ2v) is 5.37. The Kier molecular flexibility index (Phi) is 3.93. The number of aromatic amines is 1. The zero-order chi connectivity index (χ0) is 14.6. The number of hydrogen-bond donors (Lipinski definition) is 2. The topological polar surface area (TPSA) is 83.0 Å². The second-order valence-electron chi connectivity index (χ2n) is 5.37. The average Bonchev–Trinajstić information content (AvgIpc) is 2.89. The summed E-state index contributed by atoms with van der Waals surface area (Å²) in [5.74, 6) is -0.357. The standard InChI is InChI=1S/C14H17N5O/c1-14(2,3)12-8-11(17-18-12)13(20)19-16-9-10-6-4-5-7-15-10/h4-9H,1-3H3,(H,17,18)(H,19,20). The molecule has 0 saturated heterocycles. The van der Waals surface area contributed by atoms with Gasteiger partial charge in [0.1, 0.15) is 0 Å². The minimum Gasteiger partial charge on any atom is -0.281 e. The maximum absolute atomic E-state index is 11.8. The molecule has 0 aliphatic carbocycles. The molecule has 2 aromatic heterocycles. The van der Waals surface area contributed by atoms with Gasteiger partial charge in [-0.1, -0.05) is 26.8 Å². The molecule has 6 nitrogen and oxygen atoms in total. The summed E-state index contributed by atoms with van der Waals surface area (Å²) in [6.45, 7) is 6.13. The summed E-state index contributed by atoms with van der Waals surface area (Å²) in [5.41, 5.74) is 4.22. The molecule has 0 atom stereocenters. The highest BCUT2D eigenvalue weighted by Gasteiger charge is 2.18. The summed E-state index contributed by atoms with van der Waals surface area (Å²) in [4.78, 5) is 15.9. The summed E-state index contributed by atoms with van der Waals surface area (Å²) in [5, 5.41) is 10.7. The van der Waals surface area contributed by atoms with Crippen LogP contribution in [0.25, 0.3) is 0 Å². The second kappa shape index (κ2) is 5.64. The van der Waals surface area contributed by atoms with E-state index in [0.29, 0.717) is 11.4 Å². The van der Waals surface area contributed by atoms with Gasteiger partial charge in [-0.2, -0.15) is 10.2 Å². The van der Waals surface area contributed by atoms with E-state index in [4.69, 9.17) is 0 Å². The van der Waals surface area contributed by atoms with E-state index in [-0.39, 0.29) is 11.3 Å². The van der Waals surface area contributed by atoms with Gasteiger partial charge in [-0.05, 0) is 18.2 Å². The normalized spacial score (nSPS) is 11.8. The SMILES string of the molecule is CC(C)(C)c1cc(C(=O)NN=Cc2ccccn2)n[nH]1. The Hall–Kier alpha value is -2.50. The van der Waals surface area contributed by atoms with E-state index in [9.17, 15) is 4.79 Å². The molecule has 1 amide bonds. The van der Waals surface area contributed by atoms with Crippen LogP contribution >= 0.6 is 0 Å². The highest BCUT2D eigenvalue weighted by Crippen LogP contribution is 2.20. The summed E-state index contributed by atoms with van der Waals surface area (Å²) in [7, 11) is 0. The Morgan fingerprint density at radius 2 is 2.20 bits per heavy atom. The molecule has 2 heterocycles.